The van der Waals surface area contributed by atoms with Gasteiger partial charge in [-0.2, -0.15) is 13.2 Å². The molecule has 0 atom stereocenters. The maximum Gasteiger partial charge on any atom is 0.405 e. The van der Waals surface area contributed by atoms with Crippen molar-refractivity contribution in [3.05, 3.63) is 28.8 Å². The molecule has 1 rings (SSSR count). The van der Waals surface area contributed by atoms with E-state index in [1.165, 1.54) is 4.90 Å². The minimum absolute atomic E-state index is 0.252. The van der Waals surface area contributed by atoms with Crippen molar-refractivity contribution >= 4 is 17.3 Å². The van der Waals surface area contributed by atoms with Crippen LogP contribution in [0.3, 0.4) is 0 Å². The van der Waals surface area contributed by atoms with Crippen molar-refractivity contribution in [1.29, 1.82) is 0 Å². The maximum atomic E-state index is 12.6. The second kappa shape index (κ2) is 7.01. The van der Waals surface area contributed by atoms with Crippen LogP contribution in [0.5, 0.6) is 0 Å². The van der Waals surface area contributed by atoms with E-state index < -0.39 is 12.7 Å². The van der Waals surface area contributed by atoms with Crippen LogP contribution in [-0.2, 0) is 6.54 Å². The minimum Gasteiger partial charge on any atom is -0.361 e. The Kier molecular flexibility index (Phi) is 5.94. The summed E-state index contributed by atoms with van der Waals surface area (Å²) >= 11 is 6.07. The predicted octanol–water partition coefficient (Wildman–Crippen LogP) is 3.84. The number of rotatable bonds is 6. The molecular weight excluding hydrogens is 277 g/mol. The van der Waals surface area contributed by atoms with Crippen molar-refractivity contribution in [2.75, 3.05) is 24.5 Å². The van der Waals surface area contributed by atoms with Crippen molar-refractivity contribution < 1.29 is 13.2 Å². The fourth-order valence-electron chi connectivity index (χ4n) is 1.88. The van der Waals surface area contributed by atoms with E-state index in [9.17, 15) is 13.2 Å². The van der Waals surface area contributed by atoms with Gasteiger partial charge in [0.1, 0.15) is 6.54 Å². The summed E-state index contributed by atoms with van der Waals surface area (Å²) in [5.74, 6) is 0. The van der Waals surface area contributed by atoms with Gasteiger partial charge in [0, 0.05) is 13.1 Å². The number of hydrogen-bond acceptors (Lipinski definition) is 2. The molecule has 0 aliphatic heterocycles. The first-order valence-electron chi connectivity index (χ1n) is 6.18. The lowest BCUT2D eigenvalue weighted by atomic mass is 10.1. The van der Waals surface area contributed by atoms with E-state index in [2.05, 4.69) is 5.32 Å². The van der Waals surface area contributed by atoms with Crippen LogP contribution in [-0.4, -0.2) is 25.8 Å². The Morgan fingerprint density at radius 3 is 2.47 bits per heavy atom. The third kappa shape index (κ3) is 4.91. The highest BCUT2D eigenvalue weighted by atomic mass is 35.5. The van der Waals surface area contributed by atoms with E-state index in [0.717, 1.165) is 12.1 Å². The molecule has 0 amide bonds. The maximum absolute atomic E-state index is 12.6. The molecule has 108 valence electrons. The summed E-state index contributed by atoms with van der Waals surface area (Å²) in [5, 5.41) is 3.46. The fourth-order valence-corrected chi connectivity index (χ4v) is 2.20. The second-order valence-corrected chi connectivity index (χ2v) is 4.56. The number of benzene rings is 1. The molecule has 1 aromatic carbocycles. The van der Waals surface area contributed by atoms with Crippen LogP contribution in [0.2, 0.25) is 5.02 Å². The molecule has 0 saturated heterocycles. The largest absolute Gasteiger partial charge is 0.405 e. The third-order valence-corrected chi connectivity index (χ3v) is 3.01. The lowest BCUT2D eigenvalue weighted by Gasteiger charge is -2.27. The Labute approximate surface area is 116 Å². The lowest BCUT2D eigenvalue weighted by molar-refractivity contribution is -0.119. The van der Waals surface area contributed by atoms with E-state index in [4.69, 9.17) is 11.6 Å². The molecule has 2 nitrogen and oxygen atoms in total. The summed E-state index contributed by atoms with van der Waals surface area (Å²) in [7, 11) is 0. The van der Waals surface area contributed by atoms with Gasteiger partial charge in [0.15, 0.2) is 0 Å². The summed E-state index contributed by atoms with van der Waals surface area (Å²) in [5.41, 5.74) is 1.24. The summed E-state index contributed by atoms with van der Waals surface area (Å²) in [6.45, 7) is 4.14. The zero-order valence-corrected chi connectivity index (χ0v) is 11.8. The Morgan fingerprint density at radius 1 is 1.26 bits per heavy atom. The molecule has 0 bridgehead atoms. The first-order chi connectivity index (χ1) is 8.89. The van der Waals surface area contributed by atoms with Gasteiger partial charge in [-0.25, -0.2) is 0 Å². The molecule has 0 fully saturated rings. The number of anilines is 1. The van der Waals surface area contributed by atoms with Crippen LogP contribution in [0.25, 0.3) is 0 Å². The molecule has 19 heavy (non-hydrogen) atoms. The van der Waals surface area contributed by atoms with Crippen molar-refractivity contribution in [3.63, 3.8) is 0 Å². The normalized spacial score (nSPS) is 11.7. The van der Waals surface area contributed by atoms with Gasteiger partial charge in [0.05, 0.1) is 10.7 Å². The minimum atomic E-state index is -4.25. The molecule has 0 heterocycles. The van der Waals surface area contributed by atoms with Gasteiger partial charge in [0.2, 0.25) is 0 Å². The molecule has 0 saturated carbocycles. The number of halogens is 4. The SMILES string of the molecule is CCNCc1cccc(Cl)c1N(CC)CC(F)(F)F. The highest BCUT2D eigenvalue weighted by Gasteiger charge is 2.31. The number of hydrogen-bond donors (Lipinski definition) is 1. The monoisotopic (exact) mass is 294 g/mol. The average Bonchev–Trinajstić information content (AvgIpc) is 2.32. The number of nitrogens with one attached hydrogen (secondary N) is 1. The Balaban J connectivity index is 3.06. The highest BCUT2D eigenvalue weighted by Crippen LogP contribution is 2.32. The van der Waals surface area contributed by atoms with Gasteiger partial charge >= 0.3 is 6.18 Å². The number of nitrogens with zero attached hydrogens (tertiary/aromatic N) is 1. The zero-order chi connectivity index (χ0) is 14.5. The predicted molar refractivity (Wildman–Crippen MR) is 72.8 cm³/mol. The van der Waals surface area contributed by atoms with Gasteiger partial charge in [0.25, 0.3) is 0 Å². The third-order valence-electron chi connectivity index (χ3n) is 2.70. The van der Waals surface area contributed by atoms with Crippen molar-refractivity contribution in [2.45, 2.75) is 26.6 Å². The Morgan fingerprint density at radius 2 is 1.95 bits per heavy atom. The van der Waals surface area contributed by atoms with Gasteiger partial charge < -0.3 is 10.2 Å². The smallest absolute Gasteiger partial charge is 0.361 e. The lowest BCUT2D eigenvalue weighted by Crippen LogP contribution is -2.35. The molecule has 0 aliphatic rings. The molecule has 0 spiro atoms. The summed E-state index contributed by atoms with van der Waals surface area (Å²) in [4.78, 5) is 1.26. The molecule has 0 unspecified atom stereocenters. The highest BCUT2D eigenvalue weighted by molar-refractivity contribution is 6.33. The molecule has 1 N–H and O–H groups in total. The standard InChI is InChI=1S/C13H18ClF3N2/c1-3-18-8-10-6-5-7-11(14)12(10)19(4-2)9-13(15,16)17/h5-7,18H,3-4,8-9H2,1-2H3. The number of alkyl halides is 3. The van der Waals surface area contributed by atoms with Crippen LogP contribution < -0.4 is 10.2 Å². The quantitative estimate of drug-likeness (QED) is 0.857. The van der Waals surface area contributed by atoms with Gasteiger partial charge in [-0.05, 0) is 25.1 Å². The fraction of sp³-hybridized carbons (Fsp3) is 0.538. The zero-order valence-electron chi connectivity index (χ0n) is 11.0. The van der Waals surface area contributed by atoms with Gasteiger partial charge in [-0.3, -0.25) is 0 Å². The topological polar surface area (TPSA) is 15.3 Å². The molecule has 0 radical (unpaired) electrons. The second-order valence-electron chi connectivity index (χ2n) is 4.16. The first kappa shape index (κ1) is 16.1. The van der Waals surface area contributed by atoms with Gasteiger partial charge in [-0.1, -0.05) is 30.7 Å². The summed E-state index contributed by atoms with van der Waals surface area (Å²) < 4.78 is 37.8. The van der Waals surface area contributed by atoms with Crippen LogP contribution >= 0.6 is 11.6 Å². The Hall–Kier alpha value is -0.940. The van der Waals surface area contributed by atoms with Crippen molar-refractivity contribution in [2.24, 2.45) is 0 Å². The molecule has 0 aliphatic carbocycles. The van der Waals surface area contributed by atoms with Crippen LogP contribution in [0.1, 0.15) is 19.4 Å². The van der Waals surface area contributed by atoms with E-state index in [-0.39, 0.29) is 6.54 Å². The summed E-state index contributed by atoms with van der Waals surface area (Å²) in [6.07, 6.45) is -4.25. The van der Waals surface area contributed by atoms with Crippen molar-refractivity contribution in [3.8, 4) is 0 Å². The Bertz CT molecular complexity index is 407. The van der Waals surface area contributed by atoms with Crippen LogP contribution in [0.15, 0.2) is 18.2 Å². The van der Waals surface area contributed by atoms with Crippen LogP contribution in [0, 0.1) is 0 Å². The molecule has 0 aromatic heterocycles. The van der Waals surface area contributed by atoms with E-state index in [1.54, 1.807) is 25.1 Å². The average molecular weight is 295 g/mol. The van der Waals surface area contributed by atoms with Gasteiger partial charge in [-0.15, -0.1) is 0 Å². The van der Waals surface area contributed by atoms with E-state index in [1.807, 2.05) is 6.92 Å². The number of para-hydroxylation sites is 1. The van der Waals surface area contributed by atoms with E-state index >= 15 is 0 Å². The molecular formula is C13H18ClF3N2. The van der Waals surface area contributed by atoms with Crippen LogP contribution in [0.4, 0.5) is 18.9 Å². The van der Waals surface area contributed by atoms with E-state index in [0.29, 0.717) is 17.3 Å². The first-order valence-corrected chi connectivity index (χ1v) is 6.56. The molecule has 6 heteroatoms. The van der Waals surface area contributed by atoms with Crippen molar-refractivity contribution in [1.82, 2.24) is 5.32 Å². The summed E-state index contributed by atoms with van der Waals surface area (Å²) in [6, 6.07) is 5.16. The molecule has 1 aromatic rings.